The molecular weight excluding hydrogens is 205 g/mol. The maximum Gasteiger partial charge on any atom is 0.437 e. The van der Waals surface area contributed by atoms with Crippen molar-refractivity contribution in [3.8, 4) is 0 Å². The third-order valence-electron chi connectivity index (χ3n) is 2.06. The Balaban J connectivity index is 2.72. The summed E-state index contributed by atoms with van der Waals surface area (Å²) < 4.78 is 23.2. The number of hydrogen-bond donors (Lipinski definition) is 0. The van der Waals surface area contributed by atoms with Crippen LogP contribution in [-0.4, -0.2) is 30.8 Å². The Labute approximate surface area is 84.0 Å². The summed E-state index contributed by atoms with van der Waals surface area (Å²) in [5.41, 5.74) is -0.147. The lowest BCUT2D eigenvalue weighted by atomic mass is 9.97. The average Bonchev–Trinajstić information content (AvgIpc) is 2.09. The number of carbonyl (C=O) groups excluding carboxylic acids is 1. The van der Waals surface area contributed by atoms with E-state index < -0.39 is 7.75 Å². The van der Waals surface area contributed by atoms with Crippen molar-refractivity contribution < 1.29 is 18.4 Å². The van der Waals surface area contributed by atoms with E-state index in [1.165, 1.54) is 14.0 Å². The van der Waals surface area contributed by atoms with Crippen molar-refractivity contribution in [1.29, 1.82) is 0 Å². The third-order valence-corrected chi connectivity index (χ3v) is 3.99. The highest BCUT2D eigenvalue weighted by molar-refractivity contribution is 7.52. The van der Waals surface area contributed by atoms with Crippen LogP contribution in [-0.2, 0) is 18.4 Å². The van der Waals surface area contributed by atoms with Gasteiger partial charge in [0.1, 0.15) is 0 Å². The van der Waals surface area contributed by atoms with Crippen LogP contribution < -0.4 is 0 Å². The molecule has 0 aromatic heterocycles. The molecule has 0 aliphatic carbocycles. The summed E-state index contributed by atoms with van der Waals surface area (Å²) in [4.78, 5) is 11.0. The van der Waals surface area contributed by atoms with Gasteiger partial charge in [0.25, 0.3) is 0 Å². The van der Waals surface area contributed by atoms with Gasteiger partial charge in [-0.15, -0.1) is 0 Å². The van der Waals surface area contributed by atoms with Gasteiger partial charge in [-0.3, -0.25) is 18.5 Å². The minimum Gasteiger partial charge on any atom is -0.291 e. The second-order valence-corrected chi connectivity index (χ2v) is 6.28. The molecule has 0 N–H and O–H groups in total. The molecule has 0 bridgehead atoms. The van der Waals surface area contributed by atoms with Crippen LogP contribution in [0.25, 0.3) is 0 Å². The van der Waals surface area contributed by atoms with E-state index in [-0.39, 0.29) is 11.3 Å². The molecule has 1 saturated heterocycles. The molecule has 14 heavy (non-hydrogen) atoms. The molecule has 0 unspecified atom stereocenters. The Hall–Kier alpha value is -0.380. The minimum atomic E-state index is -3.36. The zero-order valence-electron chi connectivity index (χ0n) is 8.94. The van der Waals surface area contributed by atoms with Crippen LogP contribution >= 0.6 is 7.75 Å². The van der Waals surface area contributed by atoms with Crippen molar-refractivity contribution in [2.75, 3.05) is 20.3 Å². The van der Waals surface area contributed by atoms with E-state index in [9.17, 15) is 9.36 Å². The molecule has 0 spiro atoms. The first-order valence-electron chi connectivity index (χ1n) is 4.41. The van der Waals surface area contributed by atoms with Crippen molar-refractivity contribution in [3.63, 3.8) is 0 Å². The molecule has 1 fully saturated rings. The van der Waals surface area contributed by atoms with E-state index in [0.29, 0.717) is 13.2 Å². The van der Waals surface area contributed by atoms with Crippen LogP contribution in [0.1, 0.15) is 20.8 Å². The molecular formula is C8H16NO4P. The molecule has 0 radical (unpaired) electrons. The summed E-state index contributed by atoms with van der Waals surface area (Å²) in [5.74, 6) is -0.326. The Morgan fingerprint density at radius 3 is 2.14 bits per heavy atom. The van der Waals surface area contributed by atoms with Crippen LogP contribution in [0.4, 0.5) is 0 Å². The van der Waals surface area contributed by atoms with Gasteiger partial charge in [0.2, 0.25) is 5.91 Å². The van der Waals surface area contributed by atoms with Crippen LogP contribution in [0, 0.1) is 5.41 Å². The van der Waals surface area contributed by atoms with Gasteiger partial charge in [-0.1, -0.05) is 13.8 Å². The lowest BCUT2D eigenvalue weighted by molar-refractivity contribution is -0.125. The fourth-order valence-electron chi connectivity index (χ4n) is 0.937. The third kappa shape index (κ3) is 2.35. The van der Waals surface area contributed by atoms with Crippen molar-refractivity contribution in [1.82, 2.24) is 4.67 Å². The van der Waals surface area contributed by atoms with E-state index in [2.05, 4.69) is 0 Å². The highest BCUT2D eigenvalue weighted by Gasteiger charge is 2.41. The second kappa shape index (κ2) is 3.65. The zero-order chi connectivity index (χ0) is 11.0. The van der Waals surface area contributed by atoms with Crippen molar-refractivity contribution in [3.05, 3.63) is 0 Å². The summed E-state index contributed by atoms with van der Waals surface area (Å²) in [6.07, 6.45) is 0. The number of amides is 1. The zero-order valence-corrected chi connectivity index (χ0v) is 9.84. The Morgan fingerprint density at radius 1 is 1.36 bits per heavy atom. The molecule has 1 aliphatic heterocycles. The second-order valence-electron chi connectivity index (χ2n) is 4.22. The number of rotatable bonds is 1. The quantitative estimate of drug-likeness (QED) is 0.631. The lowest BCUT2D eigenvalue weighted by Gasteiger charge is -2.36. The normalized spacial score (nSPS) is 24.3. The van der Waals surface area contributed by atoms with Gasteiger partial charge in [0.05, 0.1) is 13.2 Å². The molecule has 6 heteroatoms. The molecule has 82 valence electrons. The van der Waals surface area contributed by atoms with Gasteiger partial charge in [-0.25, -0.2) is 4.57 Å². The standard InChI is InChI=1S/C8H16NO4P/c1-7(10)9(4)14(11)12-5-8(2,3)6-13-14/h5-6H2,1-4H3. The van der Waals surface area contributed by atoms with Gasteiger partial charge < -0.3 is 0 Å². The average molecular weight is 221 g/mol. The first-order valence-corrected chi connectivity index (χ1v) is 5.90. The predicted molar refractivity (Wildman–Crippen MR) is 51.7 cm³/mol. The predicted octanol–water partition coefficient (Wildman–Crippen LogP) is 1.65. The van der Waals surface area contributed by atoms with Crippen LogP contribution in [0.2, 0.25) is 0 Å². The molecule has 0 atom stereocenters. The summed E-state index contributed by atoms with van der Waals surface area (Å²) >= 11 is 0. The van der Waals surface area contributed by atoms with E-state index in [0.717, 1.165) is 4.67 Å². The molecule has 1 rings (SSSR count). The Morgan fingerprint density at radius 2 is 1.79 bits per heavy atom. The fourth-order valence-corrected chi connectivity index (χ4v) is 2.73. The minimum absolute atomic E-state index is 0.147. The van der Waals surface area contributed by atoms with Gasteiger partial charge in [-0.05, 0) is 0 Å². The lowest BCUT2D eigenvalue weighted by Crippen LogP contribution is -2.34. The van der Waals surface area contributed by atoms with E-state index in [1.807, 2.05) is 13.8 Å². The van der Waals surface area contributed by atoms with E-state index in [1.54, 1.807) is 0 Å². The first kappa shape index (κ1) is 11.7. The summed E-state index contributed by atoms with van der Waals surface area (Å²) in [6, 6.07) is 0. The van der Waals surface area contributed by atoms with E-state index >= 15 is 0 Å². The van der Waals surface area contributed by atoms with Crippen molar-refractivity contribution in [2.24, 2.45) is 5.41 Å². The largest absolute Gasteiger partial charge is 0.437 e. The van der Waals surface area contributed by atoms with Crippen molar-refractivity contribution in [2.45, 2.75) is 20.8 Å². The molecule has 0 aromatic rings. The fraction of sp³-hybridized carbons (Fsp3) is 0.875. The van der Waals surface area contributed by atoms with Crippen LogP contribution in [0.3, 0.4) is 0 Å². The molecule has 1 aliphatic rings. The topological polar surface area (TPSA) is 55.8 Å². The number of nitrogens with zero attached hydrogens (tertiary/aromatic N) is 1. The van der Waals surface area contributed by atoms with Crippen LogP contribution in [0.15, 0.2) is 0 Å². The van der Waals surface area contributed by atoms with Crippen molar-refractivity contribution >= 4 is 13.7 Å². The van der Waals surface area contributed by atoms with E-state index in [4.69, 9.17) is 9.05 Å². The summed E-state index contributed by atoms with van der Waals surface area (Å²) in [7, 11) is -1.94. The SMILES string of the molecule is CC(=O)N(C)P1(=O)OCC(C)(C)CO1. The van der Waals surface area contributed by atoms with Gasteiger partial charge in [0.15, 0.2) is 0 Å². The maximum atomic E-state index is 11.9. The van der Waals surface area contributed by atoms with Gasteiger partial charge in [-0.2, -0.15) is 0 Å². The molecule has 1 heterocycles. The summed E-state index contributed by atoms with van der Waals surface area (Å²) in [6.45, 7) is 5.89. The highest BCUT2D eigenvalue weighted by atomic mass is 31.2. The first-order chi connectivity index (χ1) is 6.27. The Kier molecular flexibility index (Phi) is 3.04. The highest BCUT2D eigenvalue weighted by Crippen LogP contribution is 2.55. The summed E-state index contributed by atoms with van der Waals surface area (Å²) in [5, 5.41) is 0. The monoisotopic (exact) mass is 221 g/mol. The molecule has 0 aromatic carbocycles. The number of carbonyl (C=O) groups is 1. The molecule has 5 nitrogen and oxygen atoms in total. The number of hydrogen-bond acceptors (Lipinski definition) is 4. The Bertz CT molecular complexity index is 275. The van der Waals surface area contributed by atoms with Gasteiger partial charge >= 0.3 is 7.75 Å². The van der Waals surface area contributed by atoms with Gasteiger partial charge in [0, 0.05) is 19.4 Å². The molecule has 0 saturated carbocycles. The smallest absolute Gasteiger partial charge is 0.291 e. The van der Waals surface area contributed by atoms with Crippen LogP contribution in [0.5, 0.6) is 0 Å². The molecule has 1 amide bonds. The maximum absolute atomic E-state index is 11.9.